The number of aliphatic hydroxyl groups excluding tert-OH is 1. The van der Waals surface area contributed by atoms with E-state index in [0.717, 1.165) is 16.8 Å². The quantitative estimate of drug-likeness (QED) is 0.250. The molecule has 1 aromatic heterocycles. The zero-order chi connectivity index (χ0) is 24.0. The molecule has 1 amide bonds. The Kier molecular flexibility index (Phi) is 5.25. The maximum Gasteiger partial charge on any atom is 0.301 e. The van der Waals surface area contributed by atoms with Gasteiger partial charge in [-0.3, -0.25) is 14.5 Å². The van der Waals surface area contributed by atoms with Crippen LogP contribution in [0.25, 0.3) is 16.0 Å². The molecule has 5 rings (SSSR count). The number of ether oxygens (including phenoxy) is 1. The van der Waals surface area contributed by atoms with E-state index in [0.29, 0.717) is 16.8 Å². The molecular weight excluding hydrogens is 459 g/mol. The van der Waals surface area contributed by atoms with Crippen molar-refractivity contribution < 1.29 is 28.9 Å². The van der Waals surface area contributed by atoms with E-state index in [1.54, 1.807) is 37.4 Å². The number of hydrogen-bond acceptors (Lipinski definition) is 7. The second kappa shape index (κ2) is 8.27. The lowest BCUT2D eigenvalue weighted by molar-refractivity contribution is -0.132. The van der Waals surface area contributed by atoms with Crippen LogP contribution in [0.5, 0.6) is 11.5 Å². The summed E-state index contributed by atoms with van der Waals surface area (Å²) < 4.78 is 19.4. The highest BCUT2D eigenvalue weighted by Gasteiger charge is 2.48. The maximum atomic E-state index is 13.4. The van der Waals surface area contributed by atoms with Crippen molar-refractivity contribution in [1.29, 1.82) is 0 Å². The van der Waals surface area contributed by atoms with Gasteiger partial charge in [0.05, 0.1) is 28.9 Å². The number of carbonyl (C=O) groups is 2. The number of methoxy groups -OCH3 is 1. The average Bonchev–Trinajstić information content (AvgIpc) is 3.36. The predicted octanol–water partition coefficient (Wildman–Crippen LogP) is 4.78. The Morgan fingerprint density at radius 2 is 1.85 bits per heavy atom. The van der Waals surface area contributed by atoms with Crippen LogP contribution < -0.4 is 9.64 Å². The number of fused-ring (bicyclic) bond motifs is 1. The van der Waals surface area contributed by atoms with E-state index in [2.05, 4.69) is 4.98 Å². The molecule has 1 saturated heterocycles. The third-order valence-electron chi connectivity index (χ3n) is 5.54. The highest BCUT2D eigenvalue weighted by molar-refractivity contribution is 7.22. The Morgan fingerprint density at radius 3 is 2.56 bits per heavy atom. The largest absolute Gasteiger partial charge is 0.508 e. The Morgan fingerprint density at radius 1 is 1.09 bits per heavy atom. The molecule has 1 fully saturated rings. The van der Waals surface area contributed by atoms with E-state index in [1.165, 1.54) is 40.5 Å². The van der Waals surface area contributed by atoms with Crippen molar-refractivity contribution in [1.82, 2.24) is 4.98 Å². The van der Waals surface area contributed by atoms with Crippen LogP contribution in [0.2, 0.25) is 0 Å². The fourth-order valence-electron chi connectivity index (χ4n) is 3.93. The van der Waals surface area contributed by atoms with Crippen molar-refractivity contribution in [3.63, 3.8) is 0 Å². The van der Waals surface area contributed by atoms with Gasteiger partial charge in [-0.05, 0) is 60.2 Å². The lowest BCUT2D eigenvalue weighted by atomic mass is 9.95. The van der Waals surface area contributed by atoms with E-state index >= 15 is 0 Å². The molecule has 170 valence electrons. The molecule has 2 N–H and O–H groups in total. The minimum atomic E-state index is -1.06. The minimum absolute atomic E-state index is 0.0705. The highest BCUT2D eigenvalue weighted by atomic mass is 32.1. The number of rotatable bonds is 4. The van der Waals surface area contributed by atoms with Crippen molar-refractivity contribution in [2.24, 2.45) is 0 Å². The molecule has 7 nitrogen and oxygen atoms in total. The van der Waals surface area contributed by atoms with Crippen molar-refractivity contribution in [2.75, 3.05) is 12.0 Å². The number of ketones is 1. The Balaban J connectivity index is 1.72. The first-order chi connectivity index (χ1) is 16.4. The summed E-state index contributed by atoms with van der Waals surface area (Å²) in [7, 11) is 1.54. The van der Waals surface area contributed by atoms with Crippen LogP contribution in [0.15, 0.2) is 72.3 Å². The molecule has 1 unspecified atom stereocenters. The summed E-state index contributed by atoms with van der Waals surface area (Å²) in [5, 5.41) is 21.4. The topological polar surface area (TPSA) is 100.0 Å². The Labute approximate surface area is 197 Å². The van der Waals surface area contributed by atoms with E-state index in [-0.39, 0.29) is 22.0 Å². The monoisotopic (exact) mass is 476 g/mol. The van der Waals surface area contributed by atoms with Crippen LogP contribution in [-0.2, 0) is 9.59 Å². The molecule has 0 radical (unpaired) electrons. The van der Waals surface area contributed by atoms with Gasteiger partial charge in [-0.25, -0.2) is 9.37 Å². The number of aliphatic hydroxyl groups is 1. The number of phenolic OH excluding ortho intramolecular Hbond substituents is 1. The number of benzene rings is 3. The fraction of sp³-hybridized carbons (Fsp3) is 0.0800. The highest BCUT2D eigenvalue weighted by Crippen LogP contribution is 2.45. The number of hydrogen-bond donors (Lipinski definition) is 2. The molecule has 1 atom stereocenters. The molecule has 1 aliphatic heterocycles. The number of amides is 1. The van der Waals surface area contributed by atoms with Crippen molar-refractivity contribution in [3.05, 3.63) is 89.2 Å². The number of nitrogens with zero attached hydrogens (tertiary/aromatic N) is 2. The lowest BCUT2D eigenvalue weighted by Crippen LogP contribution is -2.29. The van der Waals surface area contributed by atoms with Gasteiger partial charge in [0.1, 0.15) is 23.1 Å². The third kappa shape index (κ3) is 3.56. The number of Topliss-reactive ketones (excluding diaryl/α,β-unsaturated/α-hetero) is 1. The van der Waals surface area contributed by atoms with Gasteiger partial charge in [0.25, 0.3) is 5.78 Å². The third-order valence-corrected chi connectivity index (χ3v) is 6.56. The van der Waals surface area contributed by atoms with E-state index in [4.69, 9.17) is 4.74 Å². The number of anilines is 1. The molecule has 34 heavy (non-hydrogen) atoms. The van der Waals surface area contributed by atoms with Crippen molar-refractivity contribution in [2.45, 2.75) is 6.04 Å². The molecule has 4 aromatic rings. The first-order valence-electron chi connectivity index (χ1n) is 10.2. The summed E-state index contributed by atoms with van der Waals surface area (Å²) >= 11 is 1.19. The van der Waals surface area contributed by atoms with Crippen LogP contribution >= 0.6 is 11.3 Å². The number of aromatic nitrogens is 1. The molecular formula is C25H17FN2O5S. The molecule has 0 spiro atoms. The normalized spacial score (nSPS) is 17.5. The molecule has 1 aliphatic rings. The van der Waals surface area contributed by atoms with Gasteiger partial charge in [0.2, 0.25) is 0 Å². The van der Waals surface area contributed by atoms with E-state index in [9.17, 15) is 24.2 Å². The minimum Gasteiger partial charge on any atom is -0.508 e. The molecule has 2 heterocycles. The van der Waals surface area contributed by atoms with Gasteiger partial charge in [-0.15, -0.1) is 0 Å². The summed E-state index contributed by atoms with van der Waals surface area (Å²) in [6.07, 6.45) is 0. The van der Waals surface area contributed by atoms with Crippen molar-refractivity contribution >= 4 is 44.1 Å². The maximum absolute atomic E-state index is 13.4. The zero-order valence-corrected chi connectivity index (χ0v) is 18.5. The lowest BCUT2D eigenvalue weighted by Gasteiger charge is -2.23. The van der Waals surface area contributed by atoms with Gasteiger partial charge in [0.15, 0.2) is 5.13 Å². The summed E-state index contributed by atoms with van der Waals surface area (Å²) in [5.74, 6) is -2.19. The SMILES string of the molecule is COc1ccc2nc(N3C(=O)C(=O)C(=C(O)c4ccc(F)cc4)C3c3cccc(O)c3)sc2c1. The summed E-state index contributed by atoms with van der Waals surface area (Å²) in [4.78, 5) is 32.1. The number of aromatic hydroxyl groups is 1. The van der Waals surface area contributed by atoms with Crippen LogP contribution in [0.1, 0.15) is 17.2 Å². The van der Waals surface area contributed by atoms with E-state index < -0.39 is 29.3 Å². The number of phenols is 1. The zero-order valence-electron chi connectivity index (χ0n) is 17.7. The Hall–Kier alpha value is -4.24. The summed E-state index contributed by atoms with van der Waals surface area (Å²) in [5.41, 5.74) is 1.01. The van der Waals surface area contributed by atoms with Crippen LogP contribution in [0, 0.1) is 5.82 Å². The van der Waals surface area contributed by atoms with Crippen molar-refractivity contribution in [3.8, 4) is 11.5 Å². The average molecular weight is 476 g/mol. The number of carbonyl (C=O) groups excluding carboxylic acids is 2. The summed E-state index contributed by atoms with van der Waals surface area (Å²) in [6, 6.07) is 15.2. The van der Waals surface area contributed by atoms with Gasteiger partial charge < -0.3 is 14.9 Å². The summed E-state index contributed by atoms with van der Waals surface area (Å²) in [6.45, 7) is 0. The first kappa shape index (κ1) is 21.6. The fourth-order valence-corrected chi connectivity index (χ4v) is 4.95. The predicted molar refractivity (Wildman–Crippen MR) is 125 cm³/mol. The van der Waals surface area contributed by atoms with Gasteiger partial charge in [-0.2, -0.15) is 0 Å². The second-order valence-corrected chi connectivity index (χ2v) is 8.61. The molecule has 3 aromatic carbocycles. The Bertz CT molecular complexity index is 1480. The first-order valence-corrected chi connectivity index (χ1v) is 11.0. The van der Waals surface area contributed by atoms with E-state index in [1.807, 2.05) is 0 Å². The molecule has 9 heteroatoms. The van der Waals surface area contributed by atoms with Crippen LogP contribution in [-0.4, -0.2) is 34.0 Å². The van der Waals surface area contributed by atoms with Gasteiger partial charge >= 0.3 is 5.91 Å². The van der Waals surface area contributed by atoms with Crippen LogP contribution in [0.4, 0.5) is 9.52 Å². The molecule has 0 bridgehead atoms. The molecule has 0 aliphatic carbocycles. The van der Waals surface area contributed by atoms with Gasteiger partial charge in [0, 0.05) is 5.56 Å². The standard InChI is InChI=1S/C25H17FN2O5S/c1-33-17-9-10-18-19(12-17)34-25(27-18)28-21(14-3-2-4-16(29)11-14)20(23(31)24(28)32)22(30)13-5-7-15(26)8-6-13/h2-12,21,29-30H,1H3. The number of thiazole rings is 1. The second-order valence-electron chi connectivity index (χ2n) is 7.60. The van der Waals surface area contributed by atoms with Crippen LogP contribution in [0.3, 0.4) is 0 Å². The van der Waals surface area contributed by atoms with Gasteiger partial charge in [-0.1, -0.05) is 23.5 Å². The number of halogens is 1. The smallest absolute Gasteiger partial charge is 0.301 e. The molecule has 0 saturated carbocycles.